The Morgan fingerprint density at radius 2 is 2.00 bits per heavy atom. The van der Waals surface area contributed by atoms with Crippen LogP contribution in [0.2, 0.25) is 0 Å². The first kappa shape index (κ1) is 12.1. The summed E-state index contributed by atoms with van der Waals surface area (Å²) in [4.78, 5) is 1.67. The molecule has 84 valence electrons. The number of benzene rings is 1. The average Bonchev–Trinajstić information content (AvgIpc) is 2.06. The summed E-state index contributed by atoms with van der Waals surface area (Å²) in [6, 6.07) is 3.52. The molecule has 0 amide bonds. The molecule has 0 aliphatic rings. The molecule has 0 unspecified atom stereocenters. The number of hydrogen-bond acceptors (Lipinski definition) is 3. The van der Waals surface area contributed by atoms with Gasteiger partial charge in [-0.2, -0.15) is 0 Å². The van der Waals surface area contributed by atoms with Crippen molar-refractivity contribution in [3.05, 3.63) is 29.6 Å². The Morgan fingerprint density at radius 1 is 1.40 bits per heavy atom. The number of halogens is 1. The van der Waals surface area contributed by atoms with Gasteiger partial charge in [0.15, 0.2) is 0 Å². The zero-order valence-corrected chi connectivity index (χ0v) is 9.38. The number of sulfonamides is 1. The van der Waals surface area contributed by atoms with Gasteiger partial charge >= 0.3 is 0 Å². The van der Waals surface area contributed by atoms with Gasteiger partial charge in [0.25, 0.3) is 0 Å². The van der Waals surface area contributed by atoms with Crippen LogP contribution >= 0.6 is 0 Å². The van der Waals surface area contributed by atoms with Gasteiger partial charge in [-0.05, 0) is 32.3 Å². The minimum Gasteiger partial charge on any atom is -0.305 e. The second-order valence-electron chi connectivity index (χ2n) is 3.54. The van der Waals surface area contributed by atoms with E-state index in [4.69, 9.17) is 5.14 Å². The summed E-state index contributed by atoms with van der Waals surface area (Å²) in [5.74, 6) is -0.434. The molecule has 0 aromatic heterocycles. The summed E-state index contributed by atoms with van der Waals surface area (Å²) < 4.78 is 35.3. The summed E-state index contributed by atoms with van der Waals surface area (Å²) in [6.07, 6.45) is 0. The number of nitrogens with zero attached hydrogens (tertiary/aromatic N) is 1. The van der Waals surface area contributed by atoms with Crippen LogP contribution in [0, 0.1) is 5.82 Å². The maximum absolute atomic E-state index is 13.3. The van der Waals surface area contributed by atoms with Gasteiger partial charge in [0.05, 0.1) is 4.90 Å². The molecule has 0 aliphatic carbocycles. The van der Waals surface area contributed by atoms with Crippen molar-refractivity contribution in [1.29, 1.82) is 0 Å². The van der Waals surface area contributed by atoms with Gasteiger partial charge in [-0.1, -0.05) is 0 Å². The van der Waals surface area contributed by atoms with Crippen LogP contribution in [0.15, 0.2) is 23.1 Å². The number of primary sulfonamides is 1. The molecule has 0 radical (unpaired) electrons. The molecule has 0 bridgehead atoms. The summed E-state index contributed by atoms with van der Waals surface area (Å²) in [7, 11) is -0.229. The predicted molar refractivity (Wildman–Crippen MR) is 55.2 cm³/mol. The second kappa shape index (κ2) is 4.26. The molecule has 1 rings (SSSR count). The van der Waals surface area contributed by atoms with E-state index in [1.165, 1.54) is 6.07 Å². The van der Waals surface area contributed by atoms with Gasteiger partial charge in [0.1, 0.15) is 5.82 Å². The minimum absolute atomic E-state index is 0.0687. The van der Waals surface area contributed by atoms with Crippen molar-refractivity contribution < 1.29 is 12.8 Å². The summed E-state index contributed by atoms with van der Waals surface area (Å²) in [6.45, 7) is 0.329. The molecule has 0 saturated carbocycles. The van der Waals surface area contributed by atoms with Gasteiger partial charge in [0.2, 0.25) is 10.0 Å². The monoisotopic (exact) mass is 232 g/mol. The molecule has 0 aliphatic heterocycles. The lowest BCUT2D eigenvalue weighted by molar-refractivity contribution is 0.392. The highest BCUT2D eigenvalue weighted by molar-refractivity contribution is 7.89. The van der Waals surface area contributed by atoms with Gasteiger partial charge in [-0.3, -0.25) is 0 Å². The van der Waals surface area contributed by atoms with E-state index in [0.29, 0.717) is 12.1 Å². The van der Waals surface area contributed by atoms with Crippen molar-refractivity contribution in [1.82, 2.24) is 4.90 Å². The van der Waals surface area contributed by atoms with Crippen LogP contribution in [0.1, 0.15) is 5.56 Å². The van der Waals surface area contributed by atoms with E-state index in [1.54, 1.807) is 19.0 Å². The van der Waals surface area contributed by atoms with Crippen LogP contribution in [0.5, 0.6) is 0 Å². The van der Waals surface area contributed by atoms with Crippen molar-refractivity contribution in [2.45, 2.75) is 11.4 Å². The third-order valence-electron chi connectivity index (χ3n) is 1.83. The molecule has 2 N–H and O–H groups in total. The third kappa shape index (κ3) is 3.26. The molecule has 6 heteroatoms. The molecular formula is C9H13FN2O2S. The third-order valence-corrected chi connectivity index (χ3v) is 2.74. The first-order chi connectivity index (χ1) is 6.80. The lowest BCUT2D eigenvalue weighted by Gasteiger charge is -2.11. The minimum atomic E-state index is -3.76. The number of rotatable bonds is 3. The van der Waals surface area contributed by atoms with Crippen LogP contribution in [0.3, 0.4) is 0 Å². The molecule has 0 atom stereocenters. The SMILES string of the molecule is CN(C)Cc1cc(S(N)(=O)=O)ccc1F. The van der Waals surface area contributed by atoms with E-state index >= 15 is 0 Å². The fourth-order valence-corrected chi connectivity index (χ4v) is 1.75. The Kier molecular flexibility index (Phi) is 3.43. The van der Waals surface area contributed by atoms with Crippen LogP contribution in [0.4, 0.5) is 4.39 Å². The van der Waals surface area contributed by atoms with E-state index in [2.05, 4.69) is 0 Å². The molecule has 1 aromatic rings. The van der Waals surface area contributed by atoms with E-state index in [0.717, 1.165) is 12.1 Å². The van der Waals surface area contributed by atoms with E-state index in [1.807, 2.05) is 0 Å². The zero-order chi connectivity index (χ0) is 11.6. The second-order valence-corrected chi connectivity index (χ2v) is 5.10. The quantitative estimate of drug-likeness (QED) is 0.827. The Labute approximate surface area is 88.6 Å². The standard InChI is InChI=1S/C9H13FN2O2S/c1-12(2)6-7-5-8(15(11,13)14)3-4-9(7)10/h3-5H,6H2,1-2H3,(H2,11,13,14). The van der Waals surface area contributed by atoms with Crippen LogP contribution in [-0.2, 0) is 16.6 Å². The number of hydrogen-bond donors (Lipinski definition) is 1. The molecule has 0 heterocycles. The fraction of sp³-hybridized carbons (Fsp3) is 0.333. The largest absolute Gasteiger partial charge is 0.305 e. The summed E-state index contributed by atoms with van der Waals surface area (Å²) in [5.41, 5.74) is 0.312. The average molecular weight is 232 g/mol. The number of nitrogens with two attached hydrogens (primary N) is 1. The summed E-state index contributed by atoms with van der Waals surface area (Å²) in [5, 5.41) is 4.94. The lowest BCUT2D eigenvalue weighted by Crippen LogP contribution is -2.15. The highest BCUT2D eigenvalue weighted by atomic mass is 32.2. The smallest absolute Gasteiger partial charge is 0.238 e. The van der Waals surface area contributed by atoms with Crippen molar-refractivity contribution in [3.8, 4) is 0 Å². The molecule has 15 heavy (non-hydrogen) atoms. The predicted octanol–water partition coefficient (Wildman–Crippen LogP) is 0.535. The first-order valence-electron chi connectivity index (χ1n) is 4.26. The summed E-state index contributed by atoms with van der Waals surface area (Å²) >= 11 is 0. The maximum atomic E-state index is 13.3. The van der Waals surface area contributed by atoms with E-state index in [-0.39, 0.29) is 4.90 Å². The van der Waals surface area contributed by atoms with E-state index < -0.39 is 15.8 Å². The topological polar surface area (TPSA) is 63.4 Å². The highest BCUT2D eigenvalue weighted by Crippen LogP contribution is 2.14. The van der Waals surface area contributed by atoms with E-state index in [9.17, 15) is 12.8 Å². The zero-order valence-electron chi connectivity index (χ0n) is 8.57. The normalized spacial score (nSPS) is 12.1. The Hall–Kier alpha value is -0.980. The van der Waals surface area contributed by atoms with Crippen molar-refractivity contribution in [2.24, 2.45) is 5.14 Å². The van der Waals surface area contributed by atoms with Crippen molar-refractivity contribution in [3.63, 3.8) is 0 Å². The maximum Gasteiger partial charge on any atom is 0.238 e. The molecule has 4 nitrogen and oxygen atoms in total. The molecule has 0 spiro atoms. The Balaban J connectivity index is 3.17. The van der Waals surface area contributed by atoms with Gasteiger partial charge in [0, 0.05) is 12.1 Å². The van der Waals surface area contributed by atoms with Crippen LogP contribution in [0.25, 0.3) is 0 Å². The molecule has 0 fully saturated rings. The Bertz CT molecular complexity index is 457. The first-order valence-corrected chi connectivity index (χ1v) is 5.81. The Morgan fingerprint density at radius 3 is 2.47 bits per heavy atom. The molecule has 0 saturated heterocycles. The van der Waals surface area contributed by atoms with Gasteiger partial charge in [-0.15, -0.1) is 0 Å². The highest BCUT2D eigenvalue weighted by Gasteiger charge is 2.11. The van der Waals surface area contributed by atoms with Crippen molar-refractivity contribution in [2.75, 3.05) is 14.1 Å². The van der Waals surface area contributed by atoms with Crippen molar-refractivity contribution >= 4 is 10.0 Å². The lowest BCUT2D eigenvalue weighted by atomic mass is 10.2. The van der Waals surface area contributed by atoms with Gasteiger partial charge in [-0.25, -0.2) is 17.9 Å². The molecule has 1 aromatic carbocycles. The fourth-order valence-electron chi connectivity index (χ4n) is 1.19. The van der Waals surface area contributed by atoms with Gasteiger partial charge < -0.3 is 4.90 Å². The van der Waals surface area contributed by atoms with Crippen LogP contribution in [-0.4, -0.2) is 27.4 Å². The molecular weight excluding hydrogens is 219 g/mol. The van der Waals surface area contributed by atoms with Crippen LogP contribution < -0.4 is 5.14 Å².